The zero-order valence-corrected chi connectivity index (χ0v) is 15.5. The van der Waals surface area contributed by atoms with Crippen molar-refractivity contribution in [1.29, 1.82) is 0 Å². The molecule has 1 aromatic carbocycles. The minimum Gasteiger partial charge on any atom is -0.385 e. The second kappa shape index (κ2) is 9.02. The van der Waals surface area contributed by atoms with Crippen LogP contribution in [0.15, 0.2) is 18.2 Å². The van der Waals surface area contributed by atoms with Crippen molar-refractivity contribution in [3.8, 4) is 0 Å². The highest BCUT2D eigenvalue weighted by Crippen LogP contribution is 2.36. The van der Waals surface area contributed by atoms with Gasteiger partial charge < -0.3 is 15.0 Å². The molecule has 1 aliphatic heterocycles. The highest BCUT2D eigenvalue weighted by molar-refractivity contribution is 5.89. The van der Waals surface area contributed by atoms with Crippen LogP contribution >= 0.6 is 0 Å². The molecule has 0 bridgehead atoms. The van der Waals surface area contributed by atoms with Crippen LogP contribution in [0.5, 0.6) is 0 Å². The van der Waals surface area contributed by atoms with Gasteiger partial charge in [-0.15, -0.1) is 0 Å². The Balaban J connectivity index is 2.11. The second-order valence-corrected chi connectivity index (χ2v) is 6.73. The minimum atomic E-state index is -4.96. The molecule has 11 heteroatoms. The summed E-state index contributed by atoms with van der Waals surface area (Å²) in [4.78, 5) is 25.3. The zero-order valence-electron chi connectivity index (χ0n) is 15.5. The van der Waals surface area contributed by atoms with E-state index in [2.05, 4.69) is 5.32 Å². The molecule has 0 saturated carbocycles. The van der Waals surface area contributed by atoms with E-state index >= 15 is 0 Å². The van der Waals surface area contributed by atoms with Crippen LogP contribution in [0, 0.1) is 5.92 Å². The molecule has 0 unspecified atom stereocenters. The predicted molar refractivity (Wildman–Crippen MR) is 89.5 cm³/mol. The minimum absolute atomic E-state index is 0.0333. The van der Waals surface area contributed by atoms with E-state index in [1.165, 1.54) is 7.11 Å². The molecule has 0 radical (unpaired) electrons. The summed E-state index contributed by atoms with van der Waals surface area (Å²) in [6.07, 6.45) is -9.51. The predicted octanol–water partition coefficient (Wildman–Crippen LogP) is 3.23. The van der Waals surface area contributed by atoms with Crippen molar-refractivity contribution in [1.82, 2.24) is 10.2 Å². The number of hydrogen-bond acceptors (Lipinski definition) is 3. The Morgan fingerprint density at radius 3 is 2.24 bits per heavy atom. The molecule has 0 spiro atoms. The monoisotopic (exact) mass is 426 g/mol. The van der Waals surface area contributed by atoms with Crippen LogP contribution in [0.1, 0.15) is 29.5 Å². The number of carbonyl (C=O) groups excluding carboxylic acids is 2. The Hall–Kier alpha value is -2.30. The average Bonchev–Trinajstić information content (AvgIpc) is 2.97. The standard InChI is InChI=1S/C18H20F6N2O3/c1-29-4-2-3-25-16(28)12-7-15(27)26(10-12)9-11-5-13(17(19,20)21)8-14(6-11)18(22,23)24/h5-6,8,12H,2-4,7,9-10H2,1H3,(H,25,28)/t12-/m0/s1. The highest BCUT2D eigenvalue weighted by atomic mass is 19.4. The molecule has 1 aromatic rings. The van der Waals surface area contributed by atoms with Crippen LogP contribution < -0.4 is 5.32 Å². The Morgan fingerprint density at radius 2 is 1.72 bits per heavy atom. The number of ether oxygens (including phenoxy) is 1. The normalized spacial score (nSPS) is 17.7. The highest BCUT2D eigenvalue weighted by Gasteiger charge is 2.38. The summed E-state index contributed by atoms with van der Waals surface area (Å²) in [7, 11) is 1.51. The fraction of sp³-hybridized carbons (Fsp3) is 0.556. The van der Waals surface area contributed by atoms with Gasteiger partial charge in [0, 0.05) is 39.8 Å². The molecule has 2 rings (SSSR count). The Bertz CT molecular complexity index is 716. The van der Waals surface area contributed by atoms with Crippen LogP contribution in [0.2, 0.25) is 0 Å². The topological polar surface area (TPSA) is 58.6 Å². The quantitative estimate of drug-likeness (QED) is 0.538. The molecule has 29 heavy (non-hydrogen) atoms. The summed E-state index contributed by atoms with van der Waals surface area (Å²) in [5.41, 5.74) is -3.19. The maximum Gasteiger partial charge on any atom is 0.416 e. The number of methoxy groups -OCH3 is 1. The molecule has 5 nitrogen and oxygen atoms in total. The molecule has 1 heterocycles. The van der Waals surface area contributed by atoms with Crippen LogP contribution in [0.4, 0.5) is 26.3 Å². The first-order valence-corrected chi connectivity index (χ1v) is 8.74. The lowest BCUT2D eigenvalue weighted by Gasteiger charge is -2.19. The third-order valence-corrected chi connectivity index (χ3v) is 4.43. The molecule has 1 fully saturated rings. The van der Waals surface area contributed by atoms with Gasteiger partial charge in [-0.3, -0.25) is 9.59 Å². The number of benzene rings is 1. The fourth-order valence-electron chi connectivity index (χ4n) is 3.00. The first-order valence-electron chi connectivity index (χ1n) is 8.74. The number of nitrogens with one attached hydrogen (secondary N) is 1. The fourth-order valence-corrected chi connectivity index (χ4v) is 3.00. The Morgan fingerprint density at radius 1 is 1.14 bits per heavy atom. The average molecular weight is 426 g/mol. The van der Waals surface area contributed by atoms with Gasteiger partial charge in [0.25, 0.3) is 0 Å². The molecule has 1 saturated heterocycles. The van der Waals surface area contributed by atoms with E-state index in [1.54, 1.807) is 0 Å². The lowest BCUT2D eigenvalue weighted by molar-refractivity contribution is -0.143. The van der Waals surface area contributed by atoms with E-state index < -0.39 is 47.8 Å². The number of carbonyl (C=O) groups is 2. The zero-order chi connectivity index (χ0) is 21.8. The van der Waals surface area contributed by atoms with E-state index in [9.17, 15) is 35.9 Å². The van der Waals surface area contributed by atoms with Gasteiger partial charge in [-0.1, -0.05) is 0 Å². The van der Waals surface area contributed by atoms with E-state index in [1.807, 2.05) is 0 Å². The molecule has 1 atom stereocenters. The van der Waals surface area contributed by atoms with Gasteiger partial charge in [0.05, 0.1) is 17.0 Å². The Kier molecular flexibility index (Phi) is 7.15. The first-order chi connectivity index (χ1) is 13.4. The summed E-state index contributed by atoms with van der Waals surface area (Å²) in [5.74, 6) is -1.61. The van der Waals surface area contributed by atoms with Crippen LogP contribution in [0.3, 0.4) is 0 Å². The third-order valence-electron chi connectivity index (χ3n) is 4.43. The van der Waals surface area contributed by atoms with Gasteiger partial charge in [0.1, 0.15) is 0 Å². The van der Waals surface area contributed by atoms with E-state index in [4.69, 9.17) is 4.74 Å². The van der Waals surface area contributed by atoms with Crippen LogP contribution in [-0.2, 0) is 33.2 Å². The van der Waals surface area contributed by atoms with Gasteiger partial charge >= 0.3 is 12.4 Å². The summed E-state index contributed by atoms with van der Waals surface area (Å²) < 4.78 is 82.6. The molecule has 2 amide bonds. The maximum absolute atomic E-state index is 13.0. The van der Waals surface area contributed by atoms with Crippen molar-refractivity contribution < 1.29 is 40.7 Å². The molecular formula is C18H20F6N2O3. The molecule has 1 aliphatic rings. The first kappa shape index (κ1) is 23.0. The molecule has 162 valence electrons. The molecular weight excluding hydrogens is 406 g/mol. The molecule has 0 aromatic heterocycles. The third kappa shape index (κ3) is 6.34. The van der Waals surface area contributed by atoms with Gasteiger partial charge in [-0.25, -0.2) is 0 Å². The van der Waals surface area contributed by atoms with Crippen LogP contribution in [0.25, 0.3) is 0 Å². The Labute approximate surface area is 163 Å². The maximum atomic E-state index is 13.0. The summed E-state index contributed by atoms with van der Waals surface area (Å²) in [6.45, 7) is 0.249. The van der Waals surface area contributed by atoms with Crippen molar-refractivity contribution >= 4 is 11.8 Å². The number of hydrogen-bond donors (Lipinski definition) is 1. The van der Waals surface area contributed by atoms with Crippen molar-refractivity contribution in [3.05, 3.63) is 34.9 Å². The van der Waals surface area contributed by atoms with Gasteiger partial charge in [-0.05, 0) is 30.2 Å². The van der Waals surface area contributed by atoms with Crippen LogP contribution in [-0.4, -0.2) is 43.5 Å². The molecule has 0 aliphatic carbocycles. The van der Waals surface area contributed by atoms with E-state index in [-0.39, 0.29) is 24.6 Å². The van der Waals surface area contributed by atoms with Gasteiger partial charge in [0.2, 0.25) is 11.8 Å². The number of likely N-dealkylation sites (tertiary alicyclic amines) is 1. The van der Waals surface area contributed by atoms with Gasteiger partial charge in [-0.2, -0.15) is 26.3 Å². The lowest BCUT2D eigenvalue weighted by atomic mass is 10.0. The summed E-state index contributed by atoms with van der Waals surface area (Å²) in [6, 6.07) is 1.20. The number of halogens is 6. The number of amides is 2. The second-order valence-electron chi connectivity index (χ2n) is 6.73. The van der Waals surface area contributed by atoms with Crippen molar-refractivity contribution in [2.45, 2.75) is 31.7 Å². The van der Waals surface area contributed by atoms with Gasteiger partial charge in [0.15, 0.2) is 0 Å². The summed E-state index contributed by atoms with van der Waals surface area (Å²) in [5, 5.41) is 2.63. The molecule has 1 N–H and O–H groups in total. The van der Waals surface area contributed by atoms with E-state index in [0.717, 1.165) is 4.90 Å². The number of alkyl halides is 6. The number of nitrogens with zero attached hydrogens (tertiary/aromatic N) is 1. The summed E-state index contributed by atoms with van der Waals surface area (Å²) >= 11 is 0. The SMILES string of the molecule is COCCCNC(=O)[C@H]1CC(=O)N(Cc2cc(C(F)(F)F)cc(C(F)(F)F)c2)C1. The van der Waals surface area contributed by atoms with Crippen molar-refractivity contribution in [2.24, 2.45) is 5.92 Å². The lowest BCUT2D eigenvalue weighted by Crippen LogP contribution is -2.33. The van der Waals surface area contributed by atoms with Crippen molar-refractivity contribution in [3.63, 3.8) is 0 Å². The van der Waals surface area contributed by atoms with E-state index in [0.29, 0.717) is 31.7 Å². The number of rotatable bonds is 7. The smallest absolute Gasteiger partial charge is 0.385 e. The largest absolute Gasteiger partial charge is 0.416 e. The van der Waals surface area contributed by atoms with Crippen molar-refractivity contribution in [2.75, 3.05) is 26.8 Å².